The molecule has 1 aliphatic heterocycles. The van der Waals surface area contributed by atoms with E-state index in [2.05, 4.69) is 13.8 Å². The molecule has 2 atom stereocenters. The van der Waals surface area contributed by atoms with Crippen molar-refractivity contribution in [2.45, 2.75) is 55.8 Å². The molecule has 2 rings (SSSR count). The number of nitrogens with zero attached hydrogens (tertiary/aromatic N) is 2. The van der Waals surface area contributed by atoms with Crippen molar-refractivity contribution in [3.8, 4) is 0 Å². The van der Waals surface area contributed by atoms with Crippen LogP contribution in [-0.4, -0.2) is 40.9 Å². The molecule has 2 unspecified atom stereocenters. The number of halogens is 1. The summed E-state index contributed by atoms with van der Waals surface area (Å²) in [5, 5.41) is 0.318. The number of sulfonamides is 1. The summed E-state index contributed by atoms with van der Waals surface area (Å²) in [6.45, 7) is 7.51. The average molecular weight is 351 g/mol. The van der Waals surface area contributed by atoms with Crippen molar-refractivity contribution in [1.29, 1.82) is 0 Å². The second-order valence-electron chi connectivity index (χ2n) is 5.43. The van der Waals surface area contributed by atoms with Crippen molar-refractivity contribution in [1.82, 2.24) is 8.87 Å². The van der Waals surface area contributed by atoms with Gasteiger partial charge in [-0.15, -0.1) is 11.6 Å². The Morgan fingerprint density at radius 3 is 2.76 bits per heavy atom. The van der Waals surface area contributed by atoms with Gasteiger partial charge in [0, 0.05) is 42.0 Å². The van der Waals surface area contributed by atoms with Gasteiger partial charge in [0.2, 0.25) is 10.0 Å². The smallest absolute Gasteiger partial charge is 0.244 e. The van der Waals surface area contributed by atoms with Gasteiger partial charge >= 0.3 is 0 Å². The number of aryl methyl sites for hydroxylation is 1. The molecule has 0 aliphatic carbocycles. The van der Waals surface area contributed by atoms with E-state index < -0.39 is 10.0 Å². The number of rotatable bonds is 5. The fourth-order valence-electron chi connectivity index (χ4n) is 2.61. The maximum Gasteiger partial charge on any atom is 0.244 e. The van der Waals surface area contributed by atoms with E-state index in [0.29, 0.717) is 22.6 Å². The molecular formula is C14H23ClN2O2S2. The van der Waals surface area contributed by atoms with E-state index in [9.17, 15) is 8.42 Å². The second-order valence-corrected chi connectivity index (χ2v) is 9.07. The molecule has 0 spiro atoms. The Labute approximate surface area is 136 Å². The molecule has 120 valence electrons. The van der Waals surface area contributed by atoms with Crippen LogP contribution in [0, 0.1) is 0 Å². The zero-order chi connectivity index (χ0) is 15.6. The number of alkyl halides is 1. The number of aromatic nitrogens is 1. The van der Waals surface area contributed by atoms with Gasteiger partial charge in [-0.05, 0) is 19.4 Å². The molecule has 0 bridgehead atoms. The summed E-state index contributed by atoms with van der Waals surface area (Å²) in [7, 11) is -3.43. The van der Waals surface area contributed by atoms with Crippen molar-refractivity contribution in [2.24, 2.45) is 0 Å². The number of hydrogen-bond acceptors (Lipinski definition) is 3. The third-order valence-electron chi connectivity index (χ3n) is 3.99. The topological polar surface area (TPSA) is 42.3 Å². The van der Waals surface area contributed by atoms with Crippen molar-refractivity contribution in [3.05, 3.63) is 18.0 Å². The summed E-state index contributed by atoms with van der Waals surface area (Å²) in [5.41, 5.74) is 0.865. The summed E-state index contributed by atoms with van der Waals surface area (Å²) in [6, 6.07) is 1.74. The maximum atomic E-state index is 12.9. The van der Waals surface area contributed by atoms with E-state index in [0.717, 1.165) is 24.4 Å². The highest BCUT2D eigenvalue weighted by atomic mass is 35.5. The first kappa shape index (κ1) is 17.2. The molecule has 1 fully saturated rings. The summed E-state index contributed by atoms with van der Waals surface area (Å²) >= 11 is 7.77. The Kier molecular flexibility index (Phi) is 5.68. The summed E-state index contributed by atoms with van der Waals surface area (Å²) in [6.07, 6.45) is 2.68. The first-order chi connectivity index (χ1) is 9.91. The first-order valence-electron chi connectivity index (χ1n) is 7.30. The SMILES string of the molecule is CCCn1cc(S(=O)(=O)N2CCSC(C)C2C)cc1CCl. The van der Waals surface area contributed by atoms with E-state index in [1.807, 2.05) is 23.3 Å². The van der Waals surface area contributed by atoms with Crippen molar-refractivity contribution in [3.63, 3.8) is 0 Å². The van der Waals surface area contributed by atoms with Gasteiger partial charge in [0.1, 0.15) is 4.90 Å². The summed E-state index contributed by atoms with van der Waals surface area (Å²) < 4.78 is 29.4. The molecule has 1 saturated heterocycles. The van der Waals surface area contributed by atoms with Gasteiger partial charge < -0.3 is 4.57 Å². The highest BCUT2D eigenvalue weighted by Crippen LogP contribution is 2.30. The van der Waals surface area contributed by atoms with Gasteiger partial charge in [-0.2, -0.15) is 16.1 Å². The quantitative estimate of drug-likeness (QED) is 0.766. The molecule has 0 aromatic carbocycles. The highest BCUT2D eigenvalue weighted by molar-refractivity contribution is 8.00. The van der Waals surface area contributed by atoms with E-state index in [1.54, 1.807) is 16.6 Å². The van der Waals surface area contributed by atoms with Crippen LogP contribution in [0.25, 0.3) is 0 Å². The fraction of sp³-hybridized carbons (Fsp3) is 0.714. The molecule has 0 saturated carbocycles. The van der Waals surface area contributed by atoms with E-state index in [-0.39, 0.29) is 6.04 Å². The normalized spacial score (nSPS) is 24.4. The zero-order valence-electron chi connectivity index (χ0n) is 12.8. The average Bonchev–Trinajstić information content (AvgIpc) is 2.86. The molecule has 0 amide bonds. The minimum atomic E-state index is -3.43. The Bertz CT molecular complexity index is 586. The Morgan fingerprint density at radius 1 is 1.43 bits per heavy atom. The monoisotopic (exact) mass is 350 g/mol. The molecule has 0 radical (unpaired) electrons. The fourth-order valence-corrected chi connectivity index (χ4v) is 5.90. The molecule has 4 nitrogen and oxygen atoms in total. The third kappa shape index (κ3) is 3.44. The highest BCUT2D eigenvalue weighted by Gasteiger charge is 2.35. The third-order valence-corrected chi connectivity index (χ3v) is 7.56. The number of thioether (sulfide) groups is 1. The molecule has 1 aliphatic rings. The molecule has 1 aromatic heterocycles. The molecule has 0 N–H and O–H groups in total. The van der Waals surface area contributed by atoms with Gasteiger partial charge in [0.15, 0.2) is 0 Å². The van der Waals surface area contributed by atoms with Crippen LogP contribution in [0.4, 0.5) is 0 Å². The Morgan fingerprint density at radius 2 is 2.14 bits per heavy atom. The van der Waals surface area contributed by atoms with Crippen LogP contribution in [0.1, 0.15) is 32.9 Å². The van der Waals surface area contributed by atoms with E-state index >= 15 is 0 Å². The Hall–Kier alpha value is -0.170. The van der Waals surface area contributed by atoms with Gasteiger partial charge in [-0.3, -0.25) is 0 Å². The molecule has 1 aromatic rings. The maximum absolute atomic E-state index is 12.9. The molecule has 2 heterocycles. The minimum absolute atomic E-state index is 0.0164. The minimum Gasteiger partial charge on any atom is -0.349 e. The first-order valence-corrected chi connectivity index (χ1v) is 10.3. The van der Waals surface area contributed by atoms with E-state index in [4.69, 9.17) is 11.6 Å². The van der Waals surface area contributed by atoms with Crippen LogP contribution in [0.3, 0.4) is 0 Å². The number of hydrogen-bond donors (Lipinski definition) is 0. The lowest BCUT2D eigenvalue weighted by molar-refractivity contribution is 0.340. The largest absolute Gasteiger partial charge is 0.349 e. The Balaban J connectivity index is 2.35. The zero-order valence-corrected chi connectivity index (χ0v) is 15.1. The van der Waals surface area contributed by atoms with Gasteiger partial charge in [-0.25, -0.2) is 8.42 Å². The van der Waals surface area contributed by atoms with Gasteiger partial charge in [0.05, 0.1) is 5.88 Å². The van der Waals surface area contributed by atoms with Gasteiger partial charge in [0.25, 0.3) is 0 Å². The van der Waals surface area contributed by atoms with Crippen LogP contribution in [0.15, 0.2) is 17.2 Å². The van der Waals surface area contributed by atoms with Gasteiger partial charge in [-0.1, -0.05) is 13.8 Å². The predicted octanol–water partition coefficient (Wildman–Crippen LogP) is 3.15. The van der Waals surface area contributed by atoms with Crippen molar-refractivity contribution >= 4 is 33.4 Å². The summed E-state index contributed by atoms with van der Waals surface area (Å²) in [5.74, 6) is 1.18. The van der Waals surface area contributed by atoms with Crippen molar-refractivity contribution in [2.75, 3.05) is 12.3 Å². The molecule has 21 heavy (non-hydrogen) atoms. The lowest BCUT2D eigenvalue weighted by Gasteiger charge is -2.36. The summed E-state index contributed by atoms with van der Waals surface area (Å²) in [4.78, 5) is 0.373. The predicted molar refractivity (Wildman–Crippen MR) is 89.6 cm³/mol. The second kappa shape index (κ2) is 6.94. The van der Waals surface area contributed by atoms with Crippen LogP contribution < -0.4 is 0 Å². The van der Waals surface area contributed by atoms with Crippen molar-refractivity contribution < 1.29 is 8.42 Å². The van der Waals surface area contributed by atoms with Crippen LogP contribution in [0.5, 0.6) is 0 Å². The molecular weight excluding hydrogens is 328 g/mol. The van der Waals surface area contributed by atoms with E-state index in [1.165, 1.54) is 0 Å². The standard InChI is InChI=1S/C14H23ClN2O2S2/c1-4-5-16-10-14(8-13(16)9-15)21(18,19)17-6-7-20-12(3)11(17)2/h8,10-12H,4-7,9H2,1-3H3. The lowest BCUT2D eigenvalue weighted by Crippen LogP contribution is -2.47. The van der Waals surface area contributed by atoms with Crippen LogP contribution >= 0.6 is 23.4 Å². The van der Waals surface area contributed by atoms with Crippen LogP contribution in [0.2, 0.25) is 0 Å². The molecule has 7 heteroatoms. The lowest BCUT2D eigenvalue weighted by atomic mass is 10.2. The van der Waals surface area contributed by atoms with Crippen LogP contribution in [-0.2, 0) is 22.4 Å².